The van der Waals surface area contributed by atoms with Crippen LogP contribution in [0.1, 0.15) is 25.8 Å². The van der Waals surface area contributed by atoms with E-state index >= 15 is 0 Å². The SMILES string of the molecule is Cc1cccc(OC2CN(C(=O)[C@H]3CC(C(C)C)=NO3)C2)c1. The van der Waals surface area contributed by atoms with E-state index in [1.165, 1.54) is 5.56 Å². The highest BCUT2D eigenvalue weighted by Gasteiger charge is 2.39. The van der Waals surface area contributed by atoms with Crippen molar-refractivity contribution in [3.63, 3.8) is 0 Å². The van der Waals surface area contributed by atoms with Crippen LogP contribution in [0.5, 0.6) is 5.75 Å². The lowest BCUT2D eigenvalue weighted by Gasteiger charge is -2.39. The molecule has 0 N–H and O–H groups in total. The lowest BCUT2D eigenvalue weighted by Crippen LogP contribution is -2.58. The third kappa shape index (κ3) is 3.08. The van der Waals surface area contributed by atoms with Crippen LogP contribution in [0.2, 0.25) is 0 Å². The molecular weight excluding hydrogens is 280 g/mol. The second kappa shape index (κ2) is 5.99. The number of ether oxygens (including phenoxy) is 1. The molecule has 0 aliphatic carbocycles. The first-order chi connectivity index (χ1) is 10.5. The predicted molar refractivity (Wildman–Crippen MR) is 83.9 cm³/mol. The smallest absolute Gasteiger partial charge is 0.267 e. The number of aryl methyl sites for hydroxylation is 1. The first-order valence-electron chi connectivity index (χ1n) is 7.77. The van der Waals surface area contributed by atoms with Gasteiger partial charge in [0.25, 0.3) is 5.91 Å². The van der Waals surface area contributed by atoms with Crippen LogP contribution >= 0.6 is 0 Å². The minimum atomic E-state index is -0.447. The standard InChI is InChI=1S/C17H22N2O3/c1-11(2)15-8-16(22-18-15)17(20)19-9-14(10-19)21-13-6-4-5-12(3)7-13/h4-7,11,14,16H,8-10H2,1-3H3/t16-/m1/s1. The second-order valence-corrected chi connectivity index (χ2v) is 6.34. The van der Waals surface area contributed by atoms with Crippen LogP contribution in [0.4, 0.5) is 0 Å². The Balaban J connectivity index is 1.46. The van der Waals surface area contributed by atoms with Gasteiger partial charge >= 0.3 is 0 Å². The Morgan fingerprint density at radius 2 is 2.18 bits per heavy atom. The van der Waals surface area contributed by atoms with Crippen LogP contribution in [-0.2, 0) is 9.63 Å². The molecule has 0 unspecified atom stereocenters. The molecule has 1 atom stereocenters. The molecule has 5 heteroatoms. The number of oxime groups is 1. The van der Waals surface area contributed by atoms with E-state index in [0.717, 1.165) is 11.5 Å². The van der Waals surface area contributed by atoms with Crippen molar-refractivity contribution in [1.29, 1.82) is 0 Å². The number of benzene rings is 1. The highest BCUT2D eigenvalue weighted by Crippen LogP contribution is 2.23. The first-order valence-corrected chi connectivity index (χ1v) is 7.77. The summed E-state index contributed by atoms with van der Waals surface area (Å²) in [5, 5.41) is 4.01. The Morgan fingerprint density at radius 3 is 2.82 bits per heavy atom. The highest BCUT2D eigenvalue weighted by atomic mass is 16.6. The lowest BCUT2D eigenvalue weighted by molar-refractivity contribution is -0.151. The van der Waals surface area contributed by atoms with Gasteiger partial charge in [0, 0.05) is 6.42 Å². The largest absolute Gasteiger partial charge is 0.487 e. The first kappa shape index (κ1) is 14.9. The number of likely N-dealkylation sites (tertiary alicyclic amines) is 1. The van der Waals surface area contributed by atoms with E-state index in [1.807, 2.05) is 31.2 Å². The molecule has 1 fully saturated rings. The number of carbonyl (C=O) groups is 1. The molecule has 22 heavy (non-hydrogen) atoms. The fraction of sp³-hybridized carbons (Fsp3) is 0.529. The van der Waals surface area contributed by atoms with Gasteiger partial charge in [0.05, 0.1) is 18.8 Å². The van der Waals surface area contributed by atoms with Gasteiger partial charge in [0.1, 0.15) is 11.9 Å². The van der Waals surface area contributed by atoms with Gasteiger partial charge in [0.15, 0.2) is 0 Å². The van der Waals surface area contributed by atoms with Crippen LogP contribution < -0.4 is 4.74 Å². The molecule has 0 aromatic heterocycles. The average molecular weight is 302 g/mol. The molecule has 3 rings (SSSR count). The monoisotopic (exact) mass is 302 g/mol. The minimum absolute atomic E-state index is 0.0171. The molecule has 1 aromatic carbocycles. The fourth-order valence-electron chi connectivity index (χ4n) is 2.65. The van der Waals surface area contributed by atoms with E-state index < -0.39 is 6.10 Å². The molecule has 0 saturated carbocycles. The molecule has 2 aliphatic rings. The predicted octanol–water partition coefficient (Wildman–Crippen LogP) is 2.39. The minimum Gasteiger partial charge on any atom is -0.487 e. The van der Waals surface area contributed by atoms with E-state index in [0.29, 0.717) is 25.4 Å². The van der Waals surface area contributed by atoms with Crippen molar-refractivity contribution in [2.24, 2.45) is 11.1 Å². The van der Waals surface area contributed by atoms with Gasteiger partial charge in [-0.15, -0.1) is 0 Å². The second-order valence-electron chi connectivity index (χ2n) is 6.34. The Labute approximate surface area is 130 Å². The zero-order valence-electron chi connectivity index (χ0n) is 13.3. The van der Waals surface area contributed by atoms with Crippen LogP contribution in [-0.4, -0.2) is 41.8 Å². The summed E-state index contributed by atoms with van der Waals surface area (Å²) in [5.74, 6) is 1.20. The molecule has 2 aliphatic heterocycles. The van der Waals surface area contributed by atoms with Crippen molar-refractivity contribution in [2.75, 3.05) is 13.1 Å². The highest BCUT2D eigenvalue weighted by molar-refractivity contribution is 5.94. The Morgan fingerprint density at radius 1 is 1.41 bits per heavy atom. The van der Waals surface area contributed by atoms with E-state index in [9.17, 15) is 4.79 Å². The molecule has 1 saturated heterocycles. The third-order valence-corrected chi connectivity index (χ3v) is 4.09. The molecule has 118 valence electrons. The van der Waals surface area contributed by atoms with E-state index in [4.69, 9.17) is 9.57 Å². The maximum Gasteiger partial charge on any atom is 0.267 e. The van der Waals surface area contributed by atoms with Crippen LogP contribution in [0, 0.1) is 12.8 Å². The Kier molecular flexibility index (Phi) is 4.05. The van der Waals surface area contributed by atoms with E-state index in [1.54, 1.807) is 4.90 Å². The molecule has 5 nitrogen and oxygen atoms in total. The number of carbonyl (C=O) groups excluding carboxylic acids is 1. The average Bonchev–Trinajstić information content (AvgIpc) is 2.92. The maximum atomic E-state index is 12.3. The van der Waals surface area contributed by atoms with Crippen LogP contribution in [0.3, 0.4) is 0 Å². The third-order valence-electron chi connectivity index (χ3n) is 4.09. The van der Waals surface area contributed by atoms with Crippen molar-refractivity contribution in [1.82, 2.24) is 4.90 Å². The summed E-state index contributed by atoms with van der Waals surface area (Å²) in [7, 11) is 0. The maximum absolute atomic E-state index is 12.3. The number of rotatable bonds is 4. The fourth-order valence-corrected chi connectivity index (χ4v) is 2.65. The summed E-state index contributed by atoms with van der Waals surface area (Å²) >= 11 is 0. The van der Waals surface area contributed by atoms with Gasteiger partial charge in [-0.3, -0.25) is 4.79 Å². The molecule has 0 radical (unpaired) electrons. The number of nitrogens with zero attached hydrogens (tertiary/aromatic N) is 2. The van der Waals surface area contributed by atoms with Gasteiger partial charge in [-0.25, -0.2) is 0 Å². The van der Waals surface area contributed by atoms with E-state index in [-0.39, 0.29) is 12.0 Å². The summed E-state index contributed by atoms with van der Waals surface area (Å²) in [5.41, 5.74) is 2.13. The van der Waals surface area contributed by atoms with Gasteiger partial charge in [-0.2, -0.15) is 0 Å². The summed E-state index contributed by atoms with van der Waals surface area (Å²) in [6.07, 6.45) is 0.228. The summed E-state index contributed by atoms with van der Waals surface area (Å²) in [4.78, 5) is 19.4. The molecule has 0 bridgehead atoms. The van der Waals surface area contributed by atoms with Crippen LogP contribution in [0.15, 0.2) is 29.4 Å². The van der Waals surface area contributed by atoms with Crippen LogP contribution in [0.25, 0.3) is 0 Å². The Hall–Kier alpha value is -2.04. The number of amides is 1. The Bertz CT molecular complexity index is 591. The molecule has 2 heterocycles. The normalized spacial score (nSPS) is 21.4. The number of hydrogen-bond acceptors (Lipinski definition) is 4. The number of hydrogen-bond donors (Lipinski definition) is 0. The van der Waals surface area contributed by atoms with Gasteiger partial charge in [-0.1, -0.05) is 31.1 Å². The van der Waals surface area contributed by atoms with E-state index in [2.05, 4.69) is 19.0 Å². The summed E-state index contributed by atoms with van der Waals surface area (Å²) < 4.78 is 5.87. The summed E-state index contributed by atoms with van der Waals surface area (Å²) in [6.45, 7) is 7.38. The van der Waals surface area contributed by atoms with Crippen molar-refractivity contribution >= 4 is 11.6 Å². The lowest BCUT2D eigenvalue weighted by atomic mass is 10.0. The zero-order valence-corrected chi connectivity index (χ0v) is 13.3. The molecular formula is C17H22N2O3. The van der Waals surface area contributed by atoms with Gasteiger partial charge in [0.2, 0.25) is 6.10 Å². The van der Waals surface area contributed by atoms with Gasteiger partial charge in [-0.05, 0) is 30.5 Å². The molecule has 0 spiro atoms. The molecule has 1 aromatic rings. The molecule has 1 amide bonds. The quantitative estimate of drug-likeness (QED) is 0.858. The van der Waals surface area contributed by atoms with Crippen molar-refractivity contribution in [2.45, 2.75) is 39.4 Å². The topological polar surface area (TPSA) is 51.1 Å². The van der Waals surface area contributed by atoms with Crippen molar-refractivity contribution in [3.05, 3.63) is 29.8 Å². The van der Waals surface area contributed by atoms with Crippen molar-refractivity contribution < 1.29 is 14.4 Å². The zero-order chi connectivity index (χ0) is 15.7. The van der Waals surface area contributed by atoms with Crippen molar-refractivity contribution in [3.8, 4) is 5.75 Å². The summed E-state index contributed by atoms with van der Waals surface area (Å²) in [6, 6.07) is 7.96. The van der Waals surface area contributed by atoms with Gasteiger partial charge < -0.3 is 14.5 Å².